The van der Waals surface area contributed by atoms with Crippen LogP contribution in [0.3, 0.4) is 0 Å². The Balaban J connectivity index is 0.000000204. The molecule has 0 unspecified atom stereocenters. The van der Waals surface area contributed by atoms with Crippen LogP contribution in [-0.4, -0.2) is 10.9 Å². The van der Waals surface area contributed by atoms with Crippen molar-refractivity contribution in [3.05, 3.63) is 145 Å². The number of carbonyl (C=O) groups excluding carboxylic acids is 1. The van der Waals surface area contributed by atoms with Crippen molar-refractivity contribution >= 4 is 23.1 Å². The zero-order valence-electron chi connectivity index (χ0n) is 16.7. The summed E-state index contributed by atoms with van der Waals surface area (Å²) < 4.78 is 0. The molecular formula is C26H26N2OS. The van der Waals surface area contributed by atoms with Gasteiger partial charge in [-0.2, -0.15) is 0 Å². The lowest BCUT2D eigenvalue weighted by Gasteiger charge is -1.92. The number of thiocarbonyl (C=S) groups is 1. The normalized spacial score (nSPS) is 8.53. The van der Waals surface area contributed by atoms with Crippen molar-refractivity contribution in [2.45, 2.75) is 0 Å². The van der Waals surface area contributed by atoms with Gasteiger partial charge in [0.05, 0.1) is 0 Å². The van der Waals surface area contributed by atoms with Crippen LogP contribution in [-0.2, 0) is 0 Å². The van der Waals surface area contributed by atoms with Crippen molar-refractivity contribution in [3.63, 3.8) is 0 Å². The average molecular weight is 415 g/mol. The van der Waals surface area contributed by atoms with Crippen molar-refractivity contribution in [2.75, 3.05) is 0 Å². The number of primary amides is 1. The summed E-state index contributed by atoms with van der Waals surface area (Å²) in [5.74, 6) is -0.379. The van der Waals surface area contributed by atoms with Crippen LogP contribution in [0.1, 0.15) is 15.9 Å². The molecular weight excluding hydrogens is 388 g/mol. The third kappa shape index (κ3) is 12.6. The Morgan fingerprint density at radius 1 is 0.467 bits per heavy atom. The first-order valence-electron chi connectivity index (χ1n) is 9.31. The van der Waals surface area contributed by atoms with Crippen molar-refractivity contribution in [1.82, 2.24) is 0 Å². The van der Waals surface area contributed by atoms with Gasteiger partial charge in [0.15, 0.2) is 0 Å². The minimum atomic E-state index is -0.379. The van der Waals surface area contributed by atoms with E-state index in [2.05, 4.69) is 0 Å². The van der Waals surface area contributed by atoms with Crippen LogP contribution >= 0.6 is 12.2 Å². The summed E-state index contributed by atoms with van der Waals surface area (Å²) >= 11 is 4.74. The second-order valence-corrected chi connectivity index (χ2v) is 6.21. The van der Waals surface area contributed by atoms with E-state index in [0.29, 0.717) is 10.6 Å². The number of amides is 1. The Morgan fingerprint density at radius 3 is 0.867 bits per heavy atom. The summed E-state index contributed by atoms with van der Waals surface area (Å²) in [5, 5.41) is 0. The Labute approximate surface area is 184 Å². The summed E-state index contributed by atoms with van der Waals surface area (Å²) in [4.78, 5) is 10.9. The summed E-state index contributed by atoms with van der Waals surface area (Å²) in [6, 6.07) is 42.3. The van der Waals surface area contributed by atoms with E-state index in [1.165, 1.54) is 0 Å². The SMILES string of the molecule is NC(=O)c1ccccc1.NC(=S)c1ccccc1.c1ccccc1.c1ccccc1. The van der Waals surface area contributed by atoms with Gasteiger partial charge in [-0.05, 0) is 12.1 Å². The molecule has 152 valence electrons. The van der Waals surface area contributed by atoms with Gasteiger partial charge < -0.3 is 11.5 Å². The molecule has 0 saturated carbocycles. The van der Waals surface area contributed by atoms with Gasteiger partial charge in [0.1, 0.15) is 4.99 Å². The van der Waals surface area contributed by atoms with Gasteiger partial charge in [0.2, 0.25) is 5.91 Å². The fraction of sp³-hybridized carbons (Fsp3) is 0. The van der Waals surface area contributed by atoms with Gasteiger partial charge in [-0.1, -0.05) is 134 Å². The maximum absolute atomic E-state index is 10.4. The monoisotopic (exact) mass is 414 g/mol. The molecule has 0 saturated heterocycles. The lowest BCUT2D eigenvalue weighted by atomic mass is 10.2. The van der Waals surface area contributed by atoms with Crippen molar-refractivity contribution < 1.29 is 4.79 Å². The first kappa shape index (κ1) is 24.3. The molecule has 4 aromatic carbocycles. The molecule has 0 aliphatic rings. The van der Waals surface area contributed by atoms with Crippen LogP contribution in [0.25, 0.3) is 0 Å². The predicted molar refractivity (Wildman–Crippen MR) is 130 cm³/mol. The fourth-order valence-electron chi connectivity index (χ4n) is 1.97. The number of nitrogens with two attached hydrogens (primary N) is 2. The van der Waals surface area contributed by atoms with Gasteiger partial charge in [-0.25, -0.2) is 0 Å². The highest BCUT2D eigenvalue weighted by Gasteiger charge is 1.93. The largest absolute Gasteiger partial charge is 0.389 e. The van der Waals surface area contributed by atoms with E-state index in [-0.39, 0.29) is 5.91 Å². The molecule has 0 bridgehead atoms. The molecule has 4 N–H and O–H groups in total. The summed E-state index contributed by atoms with van der Waals surface area (Å²) in [5.41, 5.74) is 11.8. The summed E-state index contributed by atoms with van der Waals surface area (Å²) in [6.07, 6.45) is 0. The third-order valence-electron chi connectivity index (χ3n) is 3.45. The van der Waals surface area contributed by atoms with Crippen LogP contribution in [0.4, 0.5) is 0 Å². The zero-order chi connectivity index (χ0) is 21.9. The van der Waals surface area contributed by atoms with E-state index in [0.717, 1.165) is 5.56 Å². The van der Waals surface area contributed by atoms with Gasteiger partial charge in [-0.3, -0.25) is 4.79 Å². The highest BCUT2D eigenvalue weighted by Crippen LogP contribution is 1.96. The molecule has 30 heavy (non-hydrogen) atoms. The van der Waals surface area contributed by atoms with Crippen LogP contribution in [0.2, 0.25) is 0 Å². The van der Waals surface area contributed by atoms with E-state index in [1.54, 1.807) is 24.3 Å². The highest BCUT2D eigenvalue weighted by molar-refractivity contribution is 7.80. The molecule has 0 radical (unpaired) electrons. The molecule has 0 aliphatic carbocycles. The topological polar surface area (TPSA) is 69.1 Å². The van der Waals surface area contributed by atoms with Gasteiger partial charge in [0.25, 0.3) is 0 Å². The van der Waals surface area contributed by atoms with Crippen molar-refractivity contribution in [1.29, 1.82) is 0 Å². The van der Waals surface area contributed by atoms with Crippen molar-refractivity contribution in [2.24, 2.45) is 11.5 Å². The minimum absolute atomic E-state index is 0.379. The van der Waals surface area contributed by atoms with Crippen LogP contribution in [0.15, 0.2) is 133 Å². The fourth-order valence-corrected chi connectivity index (χ4v) is 2.11. The van der Waals surface area contributed by atoms with E-state index >= 15 is 0 Å². The molecule has 1 amide bonds. The first-order valence-corrected chi connectivity index (χ1v) is 9.72. The van der Waals surface area contributed by atoms with E-state index in [9.17, 15) is 4.79 Å². The van der Waals surface area contributed by atoms with Gasteiger partial charge in [0, 0.05) is 11.1 Å². The summed E-state index contributed by atoms with van der Waals surface area (Å²) in [6.45, 7) is 0. The Morgan fingerprint density at radius 2 is 0.700 bits per heavy atom. The predicted octanol–water partition coefficient (Wildman–Crippen LogP) is 5.48. The first-order chi connectivity index (χ1) is 14.6. The molecule has 0 aliphatic heterocycles. The molecule has 4 aromatic rings. The molecule has 0 aromatic heterocycles. The second-order valence-electron chi connectivity index (χ2n) is 5.77. The lowest BCUT2D eigenvalue weighted by molar-refractivity contribution is 0.100. The molecule has 0 heterocycles. The molecule has 0 spiro atoms. The van der Waals surface area contributed by atoms with Crippen LogP contribution in [0, 0.1) is 0 Å². The van der Waals surface area contributed by atoms with Crippen LogP contribution < -0.4 is 11.5 Å². The number of benzene rings is 4. The van der Waals surface area contributed by atoms with E-state index in [4.69, 9.17) is 23.7 Å². The maximum atomic E-state index is 10.4. The lowest BCUT2D eigenvalue weighted by Crippen LogP contribution is -2.09. The average Bonchev–Trinajstić information content (AvgIpc) is 2.84. The quantitative estimate of drug-likeness (QED) is 0.427. The third-order valence-corrected chi connectivity index (χ3v) is 3.69. The number of carbonyl (C=O) groups is 1. The van der Waals surface area contributed by atoms with Crippen molar-refractivity contribution in [3.8, 4) is 0 Å². The summed E-state index contributed by atoms with van der Waals surface area (Å²) in [7, 11) is 0. The molecule has 0 atom stereocenters. The van der Waals surface area contributed by atoms with Gasteiger partial charge in [-0.15, -0.1) is 0 Å². The maximum Gasteiger partial charge on any atom is 0.248 e. The number of rotatable bonds is 2. The van der Waals surface area contributed by atoms with Gasteiger partial charge >= 0.3 is 0 Å². The molecule has 0 fully saturated rings. The van der Waals surface area contributed by atoms with Crippen LogP contribution in [0.5, 0.6) is 0 Å². The molecule has 4 heteroatoms. The Bertz CT molecular complexity index is 797. The Hall–Kier alpha value is -3.76. The highest BCUT2D eigenvalue weighted by atomic mass is 32.1. The number of hydrogen-bond acceptors (Lipinski definition) is 2. The van der Waals surface area contributed by atoms with E-state index < -0.39 is 0 Å². The Kier molecular flexibility index (Phi) is 13.1. The minimum Gasteiger partial charge on any atom is -0.389 e. The smallest absolute Gasteiger partial charge is 0.248 e. The second kappa shape index (κ2) is 16.2. The standard InChI is InChI=1S/C7H7NO.C7H7NS.2C6H6/c2*8-7(9)6-4-2-1-3-5-6;2*1-2-4-6-5-3-1/h2*1-5H,(H2,8,9);2*1-6H. The molecule has 4 rings (SSSR count). The number of hydrogen-bond donors (Lipinski definition) is 2. The van der Waals surface area contributed by atoms with E-state index in [1.807, 2.05) is 109 Å². The molecule has 3 nitrogen and oxygen atoms in total. The zero-order valence-corrected chi connectivity index (χ0v) is 17.5.